The molecule has 2 bridgehead atoms. The van der Waals surface area contributed by atoms with Gasteiger partial charge in [0.15, 0.2) is 0 Å². The van der Waals surface area contributed by atoms with E-state index in [-0.39, 0.29) is 35.8 Å². The monoisotopic (exact) mass is 310 g/mol. The highest BCUT2D eigenvalue weighted by Gasteiger charge is 2.64. The first-order chi connectivity index (χ1) is 10.4. The first-order valence-electron chi connectivity index (χ1n) is 8.95. The number of carbonyl (C=O) groups excluding carboxylic acids is 1. The largest absolute Gasteiger partial charge is 0.459 e. The van der Waals surface area contributed by atoms with Gasteiger partial charge < -0.3 is 14.2 Å². The molecular formula is C18H30O4. The normalized spacial score (nSPS) is 43.4. The zero-order chi connectivity index (χ0) is 16.1. The van der Waals surface area contributed by atoms with Gasteiger partial charge in [0.25, 0.3) is 0 Å². The number of hydrogen-bond donors (Lipinski definition) is 0. The summed E-state index contributed by atoms with van der Waals surface area (Å²) in [6.07, 6.45) is 4.37. The molecule has 4 nitrogen and oxygen atoms in total. The molecule has 0 aliphatic carbocycles. The van der Waals surface area contributed by atoms with Crippen molar-refractivity contribution in [1.82, 2.24) is 0 Å². The second-order valence-electron chi connectivity index (χ2n) is 7.70. The lowest BCUT2D eigenvalue weighted by Crippen LogP contribution is -2.42. The Morgan fingerprint density at radius 3 is 2.32 bits per heavy atom. The summed E-state index contributed by atoms with van der Waals surface area (Å²) < 4.78 is 18.2. The molecule has 0 saturated carbocycles. The van der Waals surface area contributed by atoms with E-state index in [1.807, 2.05) is 20.8 Å². The van der Waals surface area contributed by atoms with Gasteiger partial charge in [-0.1, -0.05) is 20.8 Å². The molecule has 3 heterocycles. The van der Waals surface area contributed by atoms with Crippen molar-refractivity contribution in [1.29, 1.82) is 0 Å². The Labute approximate surface area is 133 Å². The highest BCUT2D eigenvalue weighted by Crippen LogP contribution is 2.55. The Morgan fingerprint density at radius 2 is 1.73 bits per heavy atom. The summed E-state index contributed by atoms with van der Waals surface area (Å²) >= 11 is 0. The van der Waals surface area contributed by atoms with Gasteiger partial charge >= 0.3 is 5.97 Å². The molecule has 3 fully saturated rings. The summed E-state index contributed by atoms with van der Waals surface area (Å²) in [5.41, 5.74) is -0.388. The van der Waals surface area contributed by atoms with Crippen LogP contribution < -0.4 is 0 Å². The molecule has 3 saturated heterocycles. The van der Waals surface area contributed by atoms with Crippen molar-refractivity contribution in [2.75, 3.05) is 0 Å². The van der Waals surface area contributed by atoms with Gasteiger partial charge in [-0.3, -0.25) is 4.79 Å². The van der Waals surface area contributed by atoms with Crippen molar-refractivity contribution < 1.29 is 19.0 Å². The van der Waals surface area contributed by atoms with Crippen LogP contribution in [0.5, 0.6) is 0 Å². The Morgan fingerprint density at radius 1 is 1.09 bits per heavy atom. The Balaban J connectivity index is 1.74. The van der Waals surface area contributed by atoms with Gasteiger partial charge in [-0.05, 0) is 39.5 Å². The second kappa shape index (κ2) is 5.79. The quantitative estimate of drug-likeness (QED) is 0.731. The maximum absolute atomic E-state index is 12.6. The number of fused-ring (bicyclic) bond motifs is 5. The molecule has 0 N–H and O–H groups in total. The van der Waals surface area contributed by atoms with E-state index in [9.17, 15) is 4.79 Å². The standard InChI is InChI=1S/C18H30O4/c1-6-11-14-13-9-10(17(19)22-18(4,5)8-3)16(21-13)15(14)12(7-2)20-11/h10-16H,6-9H2,1-5H3. The summed E-state index contributed by atoms with van der Waals surface area (Å²) in [4.78, 5) is 12.6. The van der Waals surface area contributed by atoms with E-state index in [2.05, 4.69) is 13.8 Å². The van der Waals surface area contributed by atoms with Crippen LogP contribution in [-0.2, 0) is 19.0 Å². The van der Waals surface area contributed by atoms with Crippen molar-refractivity contribution in [2.24, 2.45) is 17.8 Å². The highest BCUT2D eigenvalue weighted by molar-refractivity contribution is 5.74. The molecule has 7 unspecified atom stereocenters. The van der Waals surface area contributed by atoms with Crippen LogP contribution >= 0.6 is 0 Å². The minimum Gasteiger partial charge on any atom is -0.459 e. The summed E-state index contributed by atoms with van der Waals surface area (Å²) in [5, 5.41) is 0. The van der Waals surface area contributed by atoms with E-state index in [0.29, 0.717) is 17.9 Å². The molecular weight excluding hydrogens is 280 g/mol. The lowest BCUT2D eigenvalue weighted by Gasteiger charge is -2.32. The van der Waals surface area contributed by atoms with Gasteiger partial charge in [0.1, 0.15) is 5.60 Å². The van der Waals surface area contributed by atoms with Gasteiger partial charge in [0, 0.05) is 11.8 Å². The summed E-state index contributed by atoms with van der Waals surface area (Å²) in [7, 11) is 0. The Kier molecular flexibility index (Phi) is 4.28. The maximum atomic E-state index is 12.6. The molecule has 126 valence electrons. The molecule has 22 heavy (non-hydrogen) atoms. The molecule has 0 aromatic carbocycles. The van der Waals surface area contributed by atoms with Crippen LogP contribution in [0.1, 0.15) is 60.3 Å². The zero-order valence-corrected chi connectivity index (χ0v) is 14.5. The van der Waals surface area contributed by atoms with Gasteiger partial charge in [0.05, 0.1) is 30.3 Å². The Hall–Kier alpha value is -0.610. The average Bonchev–Trinajstić information content (AvgIpc) is 3.16. The van der Waals surface area contributed by atoms with Crippen LogP contribution in [0, 0.1) is 17.8 Å². The lowest BCUT2D eigenvalue weighted by atomic mass is 9.70. The van der Waals surface area contributed by atoms with Gasteiger partial charge in [-0.15, -0.1) is 0 Å². The zero-order valence-electron chi connectivity index (χ0n) is 14.5. The van der Waals surface area contributed by atoms with Gasteiger partial charge in [-0.25, -0.2) is 0 Å². The average molecular weight is 310 g/mol. The molecule has 0 aromatic heterocycles. The molecule has 7 atom stereocenters. The Bertz CT molecular complexity index is 433. The fourth-order valence-electron chi connectivity index (χ4n) is 4.55. The van der Waals surface area contributed by atoms with Crippen molar-refractivity contribution >= 4 is 5.97 Å². The van der Waals surface area contributed by atoms with E-state index < -0.39 is 0 Å². The summed E-state index contributed by atoms with van der Waals surface area (Å²) in [6, 6.07) is 0. The molecule has 0 amide bonds. The van der Waals surface area contributed by atoms with Crippen LogP contribution in [0.25, 0.3) is 0 Å². The lowest BCUT2D eigenvalue weighted by molar-refractivity contribution is -0.164. The van der Waals surface area contributed by atoms with Crippen LogP contribution in [0.3, 0.4) is 0 Å². The van der Waals surface area contributed by atoms with Crippen molar-refractivity contribution in [3.63, 3.8) is 0 Å². The highest BCUT2D eigenvalue weighted by atomic mass is 16.6. The van der Waals surface area contributed by atoms with E-state index in [4.69, 9.17) is 14.2 Å². The van der Waals surface area contributed by atoms with Crippen molar-refractivity contribution in [2.45, 2.75) is 90.3 Å². The third-order valence-electron chi connectivity index (χ3n) is 6.01. The first-order valence-corrected chi connectivity index (χ1v) is 8.95. The first kappa shape index (κ1) is 16.3. The number of ether oxygens (including phenoxy) is 3. The fourth-order valence-corrected chi connectivity index (χ4v) is 4.55. The predicted molar refractivity (Wildman–Crippen MR) is 83.5 cm³/mol. The smallest absolute Gasteiger partial charge is 0.312 e. The molecule has 0 radical (unpaired) electrons. The third-order valence-corrected chi connectivity index (χ3v) is 6.01. The van der Waals surface area contributed by atoms with Gasteiger partial charge in [-0.2, -0.15) is 0 Å². The fraction of sp³-hybridized carbons (Fsp3) is 0.944. The minimum absolute atomic E-state index is 0.00310. The number of hydrogen-bond acceptors (Lipinski definition) is 4. The third kappa shape index (κ3) is 2.48. The number of esters is 1. The topological polar surface area (TPSA) is 44.8 Å². The van der Waals surface area contributed by atoms with E-state index in [0.717, 1.165) is 25.7 Å². The molecule has 3 aliphatic heterocycles. The van der Waals surface area contributed by atoms with Gasteiger partial charge in [0.2, 0.25) is 0 Å². The summed E-state index contributed by atoms with van der Waals surface area (Å²) in [5.74, 6) is 0.664. The van der Waals surface area contributed by atoms with Crippen molar-refractivity contribution in [3.05, 3.63) is 0 Å². The van der Waals surface area contributed by atoms with Crippen LogP contribution in [0.2, 0.25) is 0 Å². The number of carbonyl (C=O) groups is 1. The molecule has 3 aliphatic rings. The van der Waals surface area contributed by atoms with E-state index in [1.165, 1.54) is 0 Å². The van der Waals surface area contributed by atoms with Crippen LogP contribution in [0.4, 0.5) is 0 Å². The molecule has 0 aromatic rings. The molecule has 4 heteroatoms. The van der Waals surface area contributed by atoms with Crippen LogP contribution in [-0.4, -0.2) is 36.0 Å². The molecule has 3 rings (SSSR count). The summed E-state index contributed by atoms with van der Waals surface area (Å²) in [6.45, 7) is 10.3. The van der Waals surface area contributed by atoms with E-state index >= 15 is 0 Å². The predicted octanol–water partition coefficient (Wildman–Crippen LogP) is 3.33. The van der Waals surface area contributed by atoms with E-state index in [1.54, 1.807) is 0 Å². The maximum Gasteiger partial charge on any atom is 0.312 e. The molecule has 0 spiro atoms. The second-order valence-corrected chi connectivity index (χ2v) is 7.70. The minimum atomic E-state index is -0.388. The van der Waals surface area contributed by atoms with Crippen LogP contribution in [0.15, 0.2) is 0 Å². The SMILES string of the molecule is CCC1OC(CC)C2C3OC(CC3C(=O)OC(C)(C)CC)C12. The number of rotatable bonds is 5. The van der Waals surface area contributed by atoms with Crippen molar-refractivity contribution in [3.8, 4) is 0 Å².